The average Bonchev–Trinajstić information content (AvgIpc) is 3.28. The third kappa shape index (κ3) is 5.69. The van der Waals surface area contributed by atoms with Gasteiger partial charge in [0.1, 0.15) is 16.9 Å². The summed E-state index contributed by atoms with van der Waals surface area (Å²) in [5.74, 6) is 0.205. The summed E-state index contributed by atoms with van der Waals surface area (Å²) >= 11 is 0. The van der Waals surface area contributed by atoms with Crippen LogP contribution < -0.4 is 10.1 Å². The molecule has 2 heterocycles. The first-order valence-electron chi connectivity index (χ1n) is 15.4. The molecule has 1 aromatic carbocycles. The van der Waals surface area contributed by atoms with Gasteiger partial charge >= 0.3 is 13.1 Å². The van der Waals surface area contributed by atoms with Crippen LogP contribution in [0.25, 0.3) is 0 Å². The molecule has 0 aromatic heterocycles. The van der Waals surface area contributed by atoms with Crippen LogP contribution in [0.4, 0.5) is 0 Å². The molecule has 9 nitrogen and oxygen atoms in total. The molecule has 5 unspecified atom stereocenters. The van der Waals surface area contributed by atoms with Gasteiger partial charge in [0.05, 0.1) is 24.8 Å². The number of likely N-dealkylation sites (tertiary alicyclic amines) is 1. The molecule has 3 aliphatic carbocycles. The Kier molecular flexibility index (Phi) is 8.20. The van der Waals surface area contributed by atoms with Crippen LogP contribution in [0.15, 0.2) is 18.2 Å². The van der Waals surface area contributed by atoms with Gasteiger partial charge in [-0.15, -0.1) is 0 Å². The van der Waals surface area contributed by atoms with E-state index in [2.05, 4.69) is 26.1 Å². The van der Waals surface area contributed by atoms with Gasteiger partial charge in [0.25, 0.3) is 0 Å². The number of carbonyl (C=O) groups is 3. The maximum absolute atomic E-state index is 13.7. The van der Waals surface area contributed by atoms with Crippen LogP contribution in [0, 0.1) is 23.2 Å². The summed E-state index contributed by atoms with van der Waals surface area (Å²) in [5.41, 5.74) is 0.203. The maximum atomic E-state index is 13.7. The minimum absolute atomic E-state index is 0.0347. The number of nitrogens with one attached hydrogen (secondary N) is 1. The summed E-state index contributed by atoms with van der Waals surface area (Å²) in [7, 11) is 0.891. The number of amides is 2. The van der Waals surface area contributed by atoms with E-state index in [-0.39, 0.29) is 29.3 Å². The minimum atomic E-state index is -0.654. The van der Waals surface area contributed by atoms with Crippen LogP contribution in [-0.2, 0) is 30.1 Å². The van der Waals surface area contributed by atoms with Gasteiger partial charge < -0.3 is 29.0 Å². The fourth-order valence-electron chi connectivity index (χ4n) is 7.76. The van der Waals surface area contributed by atoms with Crippen molar-refractivity contribution in [2.45, 2.75) is 104 Å². The zero-order valence-corrected chi connectivity index (χ0v) is 26.5. The van der Waals surface area contributed by atoms with E-state index in [4.69, 9.17) is 18.8 Å². The standard InChI is InChI=1S/C32H47BN2O7/c1-19(36)35-14-12-20(13-15-35)28(37)34-26(33-41-25-18-22-17-24(31(22,5)6)32(25,7)42-33)16-21-10-9-11-23(27(21)39-8)29(38)40-30(2,3)4/h9-11,20,22,24-26H,12-18H2,1-8H3,(H,34,37). The number of hydrogen-bond acceptors (Lipinski definition) is 7. The highest BCUT2D eigenvalue weighted by atomic mass is 16.7. The molecule has 5 fully saturated rings. The van der Waals surface area contributed by atoms with Gasteiger partial charge in [-0.25, -0.2) is 4.79 Å². The van der Waals surface area contributed by atoms with Gasteiger partial charge in [0.15, 0.2) is 0 Å². The predicted molar refractivity (Wildman–Crippen MR) is 159 cm³/mol. The second-order valence-corrected chi connectivity index (χ2v) is 14.4. The van der Waals surface area contributed by atoms with Crippen LogP contribution in [0.3, 0.4) is 0 Å². The summed E-state index contributed by atoms with van der Waals surface area (Å²) < 4.78 is 24.8. The van der Waals surface area contributed by atoms with E-state index in [1.54, 1.807) is 17.9 Å². The summed E-state index contributed by atoms with van der Waals surface area (Å²) in [5, 5.41) is 3.27. The van der Waals surface area contributed by atoms with Gasteiger partial charge in [-0.2, -0.15) is 0 Å². The highest BCUT2D eigenvalue weighted by Crippen LogP contribution is 2.65. The van der Waals surface area contributed by atoms with Gasteiger partial charge in [0, 0.05) is 25.9 Å². The predicted octanol–water partition coefficient (Wildman–Crippen LogP) is 4.20. The Labute approximate surface area is 250 Å². The first-order valence-corrected chi connectivity index (χ1v) is 15.4. The molecule has 1 aromatic rings. The Hall–Kier alpha value is -2.59. The monoisotopic (exact) mass is 582 g/mol. The number of para-hydroxylation sites is 1. The van der Waals surface area contributed by atoms with Crippen molar-refractivity contribution < 1.29 is 33.2 Å². The molecule has 2 aliphatic heterocycles. The van der Waals surface area contributed by atoms with E-state index in [1.807, 2.05) is 32.9 Å². The number of ether oxygens (including phenoxy) is 2. The van der Waals surface area contributed by atoms with E-state index in [0.29, 0.717) is 55.5 Å². The summed E-state index contributed by atoms with van der Waals surface area (Å²) in [6, 6.07) is 5.41. The van der Waals surface area contributed by atoms with Crippen molar-refractivity contribution >= 4 is 24.9 Å². The first-order chi connectivity index (χ1) is 19.6. The van der Waals surface area contributed by atoms with Gasteiger partial charge in [-0.05, 0) is 88.7 Å². The van der Waals surface area contributed by atoms with Crippen LogP contribution in [0.2, 0.25) is 0 Å². The highest BCUT2D eigenvalue weighted by Gasteiger charge is 2.68. The molecule has 2 bridgehead atoms. The largest absolute Gasteiger partial charge is 0.496 e. The van der Waals surface area contributed by atoms with Gasteiger partial charge in [-0.1, -0.05) is 26.0 Å². The molecule has 2 amide bonds. The van der Waals surface area contributed by atoms with Crippen molar-refractivity contribution in [3.63, 3.8) is 0 Å². The zero-order chi connectivity index (χ0) is 30.6. The van der Waals surface area contributed by atoms with Crippen LogP contribution >= 0.6 is 0 Å². The topological polar surface area (TPSA) is 103 Å². The van der Waals surface area contributed by atoms with Crippen LogP contribution in [0.5, 0.6) is 5.75 Å². The fourth-order valence-corrected chi connectivity index (χ4v) is 7.76. The number of methoxy groups -OCH3 is 1. The summed E-state index contributed by atoms with van der Waals surface area (Å²) in [6.07, 6.45) is 3.61. The molecule has 2 saturated heterocycles. The van der Waals surface area contributed by atoms with Crippen molar-refractivity contribution in [3.8, 4) is 5.75 Å². The maximum Gasteiger partial charge on any atom is 0.482 e. The van der Waals surface area contributed by atoms with E-state index in [9.17, 15) is 14.4 Å². The normalized spacial score (nSPS) is 29.3. The number of esters is 1. The van der Waals surface area contributed by atoms with Crippen LogP contribution in [-0.4, -0.2) is 73.2 Å². The first kappa shape index (κ1) is 30.9. The lowest BCUT2D eigenvalue weighted by molar-refractivity contribution is -0.199. The van der Waals surface area contributed by atoms with Crippen LogP contribution in [0.1, 0.15) is 90.1 Å². The smallest absolute Gasteiger partial charge is 0.482 e. The molecule has 42 heavy (non-hydrogen) atoms. The number of benzene rings is 1. The Morgan fingerprint density at radius 1 is 1.14 bits per heavy atom. The molecule has 0 spiro atoms. The second-order valence-electron chi connectivity index (χ2n) is 14.4. The van der Waals surface area contributed by atoms with E-state index >= 15 is 0 Å². The Morgan fingerprint density at radius 3 is 2.43 bits per heavy atom. The summed E-state index contributed by atoms with van der Waals surface area (Å²) in [4.78, 5) is 40.3. The number of hydrogen-bond donors (Lipinski definition) is 1. The highest BCUT2D eigenvalue weighted by molar-refractivity contribution is 6.48. The second kappa shape index (κ2) is 11.2. The molecule has 1 N–H and O–H groups in total. The van der Waals surface area contributed by atoms with Crippen molar-refractivity contribution in [1.82, 2.24) is 10.2 Å². The zero-order valence-electron chi connectivity index (χ0n) is 26.5. The molecule has 3 saturated carbocycles. The lowest BCUT2D eigenvalue weighted by Gasteiger charge is -2.64. The van der Waals surface area contributed by atoms with E-state index in [1.165, 1.54) is 7.11 Å². The molecule has 10 heteroatoms. The SMILES string of the molecule is COc1c(CC(NC(=O)C2CCN(C(C)=O)CC2)B2OC3CC4CC(C4(C)C)C3(C)O2)cccc1C(=O)OC(C)(C)C. The lowest BCUT2D eigenvalue weighted by atomic mass is 9.43. The van der Waals surface area contributed by atoms with Crippen molar-refractivity contribution in [2.24, 2.45) is 23.2 Å². The van der Waals surface area contributed by atoms with Crippen molar-refractivity contribution in [2.75, 3.05) is 20.2 Å². The minimum Gasteiger partial charge on any atom is -0.496 e. The molecule has 5 atom stereocenters. The van der Waals surface area contributed by atoms with Gasteiger partial charge in [0.2, 0.25) is 11.8 Å². The Bertz CT molecular complexity index is 1220. The molecular formula is C32H47BN2O7. The molecule has 0 radical (unpaired) electrons. The fraction of sp³-hybridized carbons (Fsp3) is 0.719. The van der Waals surface area contributed by atoms with Crippen molar-refractivity contribution in [3.05, 3.63) is 29.3 Å². The third-order valence-corrected chi connectivity index (χ3v) is 10.3. The summed E-state index contributed by atoms with van der Waals surface area (Å²) in [6.45, 7) is 15.0. The quantitative estimate of drug-likeness (QED) is 0.380. The average molecular weight is 583 g/mol. The van der Waals surface area contributed by atoms with Crippen molar-refractivity contribution in [1.29, 1.82) is 0 Å². The number of rotatable bonds is 7. The molecule has 5 aliphatic rings. The Morgan fingerprint density at radius 2 is 1.83 bits per heavy atom. The third-order valence-electron chi connectivity index (χ3n) is 10.3. The number of nitrogens with zero attached hydrogens (tertiary/aromatic N) is 1. The molecule has 6 rings (SSSR count). The lowest BCUT2D eigenvalue weighted by Crippen LogP contribution is -2.65. The molecular weight excluding hydrogens is 535 g/mol. The van der Waals surface area contributed by atoms with Gasteiger partial charge in [-0.3, -0.25) is 9.59 Å². The van der Waals surface area contributed by atoms with E-state index < -0.39 is 30.2 Å². The molecule has 230 valence electrons. The van der Waals surface area contributed by atoms with E-state index in [0.717, 1.165) is 18.4 Å². The number of piperidine rings is 1. The Balaban J connectivity index is 1.40. The number of carbonyl (C=O) groups excluding carboxylic acids is 3.